The molecule has 3 nitrogen and oxygen atoms in total. The number of carbonyl (C=O) groups excluding carboxylic acids is 1. The average Bonchev–Trinajstić information content (AvgIpc) is 2.11. The molecule has 0 aromatic carbocycles. The fourth-order valence-corrected chi connectivity index (χ4v) is 1.52. The largest absolute Gasteiger partial charge is 0.508 e. The summed E-state index contributed by atoms with van der Waals surface area (Å²) in [5.41, 5.74) is -0.611. The molecule has 0 spiro atoms. The molecule has 58 valence electrons. The molecule has 1 heterocycles. The first-order chi connectivity index (χ1) is 4.50. The van der Waals surface area contributed by atoms with Crippen LogP contribution < -0.4 is 0 Å². The number of halogens is 1. The van der Waals surface area contributed by atoms with Gasteiger partial charge >= 0.3 is 6.16 Å². The van der Waals surface area contributed by atoms with Gasteiger partial charge in [-0.1, -0.05) is 0 Å². The third-order valence-corrected chi connectivity index (χ3v) is 3.17. The first-order valence-electron chi connectivity index (χ1n) is 3.02. The van der Waals surface area contributed by atoms with Crippen LogP contribution in [0.15, 0.2) is 0 Å². The molecule has 0 saturated carbocycles. The molecule has 1 aliphatic rings. The lowest BCUT2D eigenvalue weighted by atomic mass is 10.8. The molecule has 1 unspecified atom stereocenters. The maximum absolute atomic E-state index is 13.0. The molecule has 10 heavy (non-hydrogen) atoms. The molecule has 1 atom stereocenters. The minimum atomic E-state index is -2.83. The van der Waals surface area contributed by atoms with Crippen LogP contribution in [-0.4, -0.2) is 26.9 Å². The molecule has 0 aromatic rings. The summed E-state index contributed by atoms with van der Waals surface area (Å²) in [4.78, 5) is 10.3. The number of hydrogen-bond acceptors (Lipinski definition) is 3. The van der Waals surface area contributed by atoms with Gasteiger partial charge in [-0.2, -0.15) is 0 Å². The number of ether oxygens (including phenoxy) is 2. The van der Waals surface area contributed by atoms with Gasteiger partial charge in [-0.05, 0) is 13.1 Å². The highest BCUT2D eigenvalue weighted by molar-refractivity contribution is 6.72. The standard InChI is InChI=1S/C5H9FO3Si/c1-10(2,6)4-3-8-5(7)9-4/h4H,3H2,1-2H3. The number of cyclic esters (lactones) is 2. The Morgan fingerprint density at radius 1 is 1.70 bits per heavy atom. The lowest BCUT2D eigenvalue weighted by molar-refractivity contribution is 0.126. The quantitative estimate of drug-likeness (QED) is 0.332. The van der Waals surface area contributed by atoms with Crippen molar-refractivity contribution < 1.29 is 18.4 Å². The topological polar surface area (TPSA) is 35.5 Å². The Morgan fingerprint density at radius 2 is 2.30 bits per heavy atom. The van der Waals surface area contributed by atoms with Gasteiger partial charge in [0.05, 0.1) is 0 Å². The summed E-state index contributed by atoms with van der Waals surface area (Å²) in [6.45, 7) is 3.05. The van der Waals surface area contributed by atoms with Crippen molar-refractivity contribution in [3.05, 3.63) is 0 Å². The normalized spacial score (nSPS) is 25.9. The van der Waals surface area contributed by atoms with Crippen molar-refractivity contribution in [2.24, 2.45) is 0 Å². The van der Waals surface area contributed by atoms with Crippen LogP contribution in [0.2, 0.25) is 13.1 Å². The van der Waals surface area contributed by atoms with E-state index < -0.39 is 20.3 Å². The highest BCUT2D eigenvalue weighted by atomic mass is 28.4. The van der Waals surface area contributed by atoms with Crippen LogP contribution >= 0.6 is 0 Å². The van der Waals surface area contributed by atoms with Crippen LogP contribution in [0.5, 0.6) is 0 Å². The lowest BCUT2D eigenvalue weighted by Crippen LogP contribution is -2.38. The van der Waals surface area contributed by atoms with Crippen molar-refractivity contribution in [3.8, 4) is 0 Å². The van der Waals surface area contributed by atoms with Crippen LogP contribution in [0, 0.1) is 0 Å². The maximum Gasteiger partial charge on any atom is 0.508 e. The van der Waals surface area contributed by atoms with Crippen LogP contribution in [0.3, 0.4) is 0 Å². The third-order valence-electron chi connectivity index (χ3n) is 1.36. The van der Waals surface area contributed by atoms with E-state index in [9.17, 15) is 8.90 Å². The zero-order valence-electron chi connectivity index (χ0n) is 5.89. The molecule has 0 amide bonds. The average molecular weight is 164 g/mol. The fourth-order valence-electron chi connectivity index (χ4n) is 0.666. The first kappa shape index (κ1) is 7.52. The monoisotopic (exact) mass is 164 g/mol. The number of rotatable bonds is 1. The summed E-state index contributed by atoms with van der Waals surface area (Å²) in [5.74, 6) is 0. The molecule has 0 aromatic heterocycles. The van der Waals surface area contributed by atoms with Crippen molar-refractivity contribution in [1.82, 2.24) is 0 Å². The summed E-state index contributed by atoms with van der Waals surface area (Å²) >= 11 is 0. The van der Waals surface area contributed by atoms with E-state index >= 15 is 0 Å². The predicted molar refractivity (Wildman–Crippen MR) is 34.8 cm³/mol. The summed E-state index contributed by atoms with van der Waals surface area (Å²) in [6, 6.07) is 0. The van der Waals surface area contributed by atoms with Crippen molar-refractivity contribution in [2.75, 3.05) is 6.61 Å². The van der Waals surface area contributed by atoms with E-state index in [4.69, 9.17) is 0 Å². The van der Waals surface area contributed by atoms with Crippen LogP contribution in [0.25, 0.3) is 0 Å². The van der Waals surface area contributed by atoms with E-state index in [1.165, 1.54) is 13.1 Å². The van der Waals surface area contributed by atoms with Gasteiger partial charge in [0.25, 0.3) is 8.41 Å². The zero-order valence-corrected chi connectivity index (χ0v) is 6.89. The van der Waals surface area contributed by atoms with Gasteiger partial charge in [-0.15, -0.1) is 0 Å². The predicted octanol–water partition coefficient (Wildman–Crippen LogP) is 1.24. The van der Waals surface area contributed by atoms with Gasteiger partial charge in [0.2, 0.25) is 0 Å². The third kappa shape index (κ3) is 1.47. The van der Waals surface area contributed by atoms with Gasteiger partial charge in [0.1, 0.15) is 6.61 Å². The maximum atomic E-state index is 13.0. The molecule has 1 aliphatic heterocycles. The van der Waals surface area contributed by atoms with E-state index in [0.717, 1.165) is 0 Å². The van der Waals surface area contributed by atoms with E-state index in [1.807, 2.05) is 0 Å². The summed E-state index contributed by atoms with van der Waals surface area (Å²) < 4.78 is 22.0. The van der Waals surface area contributed by atoms with Crippen molar-refractivity contribution in [2.45, 2.75) is 18.8 Å². The fraction of sp³-hybridized carbons (Fsp3) is 0.800. The Kier molecular flexibility index (Phi) is 1.68. The zero-order chi connectivity index (χ0) is 7.78. The Morgan fingerprint density at radius 3 is 2.50 bits per heavy atom. The summed E-state index contributed by atoms with van der Waals surface area (Å²) in [7, 11) is -2.83. The molecule has 1 rings (SSSR count). The Balaban J connectivity index is 2.53. The minimum absolute atomic E-state index is 0.0779. The van der Waals surface area contributed by atoms with Crippen LogP contribution in [0.1, 0.15) is 0 Å². The smallest absolute Gasteiger partial charge is 0.431 e. The highest BCUT2D eigenvalue weighted by Gasteiger charge is 2.41. The van der Waals surface area contributed by atoms with E-state index in [2.05, 4.69) is 9.47 Å². The molecule has 1 saturated heterocycles. The van der Waals surface area contributed by atoms with E-state index in [-0.39, 0.29) is 6.61 Å². The van der Waals surface area contributed by atoms with Crippen molar-refractivity contribution >= 4 is 14.6 Å². The minimum Gasteiger partial charge on any atom is -0.431 e. The van der Waals surface area contributed by atoms with Gasteiger partial charge < -0.3 is 13.6 Å². The molecule has 5 heteroatoms. The van der Waals surface area contributed by atoms with Gasteiger partial charge in [0.15, 0.2) is 5.73 Å². The van der Waals surface area contributed by atoms with Gasteiger partial charge in [0, 0.05) is 0 Å². The lowest BCUT2D eigenvalue weighted by Gasteiger charge is -2.14. The van der Waals surface area contributed by atoms with Gasteiger partial charge in [-0.25, -0.2) is 4.79 Å². The second-order valence-electron chi connectivity index (χ2n) is 2.73. The Labute approximate surface area is 59.3 Å². The number of carbonyl (C=O) groups is 1. The SMILES string of the molecule is C[Si](C)(F)C1COC(=O)O1. The molecular weight excluding hydrogens is 155 g/mol. The molecular formula is C5H9FO3Si. The number of hydrogen-bond donors (Lipinski definition) is 0. The van der Waals surface area contributed by atoms with Gasteiger partial charge in [-0.3, -0.25) is 0 Å². The highest BCUT2D eigenvalue weighted by Crippen LogP contribution is 2.18. The second kappa shape index (κ2) is 2.23. The second-order valence-corrected chi connectivity index (χ2v) is 6.50. The molecule has 0 aliphatic carbocycles. The Hall–Kier alpha value is -0.583. The molecule has 0 bridgehead atoms. The molecule has 0 N–H and O–H groups in total. The van der Waals surface area contributed by atoms with Crippen molar-refractivity contribution in [3.63, 3.8) is 0 Å². The van der Waals surface area contributed by atoms with E-state index in [0.29, 0.717) is 0 Å². The summed E-state index contributed by atoms with van der Waals surface area (Å²) in [5, 5.41) is 0. The molecule has 0 radical (unpaired) electrons. The van der Waals surface area contributed by atoms with Crippen LogP contribution in [-0.2, 0) is 9.47 Å². The first-order valence-corrected chi connectivity index (χ1v) is 5.98. The Bertz CT molecular complexity index is 153. The summed E-state index contributed by atoms with van der Waals surface area (Å²) in [6.07, 6.45) is -0.747. The van der Waals surface area contributed by atoms with Crippen LogP contribution in [0.4, 0.5) is 8.90 Å². The molecule has 1 fully saturated rings. The van der Waals surface area contributed by atoms with Crippen molar-refractivity contribution in [1.29, 1.82) is 0 Å². The van der Waals surface area contributed by atoms with E-state index in [1.54, 1.807) is 0 Å².